The van der Waals surface area contributed by atoms with Crippen LogP contribution in [0.4, 0.5) is 16.2 Å². The van der Waals surface area contributed by atoms with Crippen LogP contribution in [0.3, 0.4) is 0 Å². The minimum absolute atomic E-state index is 0.0748. The lowest BCUT2D eigenvalue weighted by atomic mass is 9.95. The van der Waals surface area contributed by atoms with Gasteiger partial charge in [-0.05, 0) is 56.6 Å². The first-order valence-electron chi connectivity index (χ1n) is 11.2. The average Bonchev–Trinajstić information content (AvgIpc) is 3.14. The Hall–Kier alpha value is -3.14. The number of carbonyl (C=O) groups excluding carboxylic acids is 4. The first-order chi connectivity index (χ1) is 16.7. The number of urea groups is 1. The van der Waals surface area contributed by atoms with Crippen molar-refractivity contribution in [3.63, 3.8) is 0 Å². The molecule has 2 aliphatic heterocycles. The van der Waals surface area contributed by atoms with E-state index in [0.717, 1.165) is 5.56 Å². The third kappa shape index (κ3) is 5.75. The number of hydrogen-bond donors (Lipinski definition) is 3. The van der Waals surface area contributed by atoms with Crippen LogP contribution in [0.15, 0.2) is 42.5 Å². The molecule has 3 N–H and O–H groups in total. The van der Waals surface area contributed by atoms with Crippen molar-refractivity contribution in [2.45, 2.75) is 32.2 Å². The van der Waals surface area contributed by atoms with E-state index in [1.807, 2.05) is 24.0 Å². The normalized spacial score (nSPS) is 20.6. The molecule has 0 bridgehead atoms. The van der Waals surface area contributed by atoms with Gasteiger partial charge in [0.2, 0.25) is 11.8 Å². The Morgan fingerprint density at radius 2 is 1.74 bits per heavy atom. The molecule has 2 heterocycles. The summed E-state index contributed by atoms with van der Waals surface area (Å²) in [4.78, 5) is 53.7. The van der Waals surface area contributed by atoms with Gasteiger partial charge in [0.1, 0.15) is 0 Å². The number of aryl methyl sites for hydroxylation is 1. The number of anilines is 2. The standard InChI is InChI=1S/C24H25Cl2N5O4/c1-14-4-7-17(8-5-14)31-21(32)12-20(23(31)34)30-10-2-3-15(13-30)22(33)28-29-24(35)27-16-6-9-18(25)19(26)11-16/h4-9,11,15,20H,2-3,10,12-13H2,1H3,(H,28,33)(H2,27,29,35)/t15-,20+/m1/s1. The Balaban J connectivity index is 1.32. The highest BCUT2D eigenvalue weighted by molar-refractivity contribution is 6.42. The van der Waals surface area contributed by atoms with Crippen molar-refractivity contribution in [3.8, 4) is 0 Å². The summed E-state index contributed by atoms with van der Waals surface area (Å²) in [5.41, 5.74) is 6.75. The van der Waals surface area contributed by atoms with Crippen LogP contribution in [0.5, 0.6) is 0 Å². The first-order valence-corrected chi connectivity index (χ1v) is 12.0. The number of rotatable bonds is 4. The van der Waals surface area contributed by atoms with E-state index in [0.29, 0.717) is 42.3 Å². The van der Waals surface area contributed by atoms with Crippen LogP contribution in [0.1, 0.15) is 24.8 Å². The van der Waals surface area contributed by atoms with Crippen molar-refractivity contribution in [1.82, 2.24) is 15.8 Å². The van der Waals surface area contributed by atoms with Gasteiger partial charge in [-0.15, -0.1) is 0 Å². The summed E-state index contributed by atoms with van der Waals surface area (Å²) >= 11 is 11.8. The molecule has 2 aromatic rings. The molecule has 2 atom stereocenters. The molecule has 0 aromatic heterocycles. The van der Waals surface area contributed by atoms with Crippen molar-refractivity contribution in [2.24, 2.45) is 5.92 Å². The molecule has 2 aliphatic rings. The number of carbonyl (C=O) groups is 4. The zero-order chi connectivity index (χ0) is 25.1. The van der Waals surface area contributed by atoms with Crippen molar-refractivity contribution < 1.29 is 19.2 Å². The molecular formula is C24H25Cl2N5O4. The highest BCUT2D eigenvalue weighted by atomic mass is 35.5. The predicted octanol–water partition coefficient (Wildman–Crippen LogP) is 3.50. The van der Waals surface area contributed by atoms with Gasteiger partial charge in [-0.3, -0.25) is 24.7 Å². The van der Waals surface area contributed by atoms with Crippen LogP contribution in [-0.4, -0.2) is 47.8 Å². The van der Waals surface area contributed by atoms with Crippen LogP contribution in [0.2, 0.25) is 10.0 Å². The van der Waals surface area contributed by atoms with E-state index in [4.69, 9.17) is 23.2 Å². The Morgan fingerprint density at radius 1 is 1.00 bits per heavy atom. The van der Waals surface area contributed by atoms with Crippen LogP contribution < -0.4 is 21.1 Å². The lowest BCUT2D eigenvalue weighted by Gasteiger charge is -2.34. The number of halogens is 2. The van der Waals surface area contributed by atoms with Gasteiger partial charge in [-0.1, -0.05) is 40.9 Å². The molecule has 4 rings (SSSR count). The lowest BCUT2D eigenvalue weighted by molar-refractivity contribution is -0.130. The summed E-state index contributed by atoms with van der Waals surface area (Å²) in [5, 5.41) is 3.20. The molecule has 184 valence electrons. The number of nitrogens with one attached hydrogen (secondary N) is 3. The molecule has 0 aliphatic carbocycles. The summed E-state index contributed by atoms with van der Waals surface area (Å²) < 4.78 is 0. The minimum Gasteiger partial charge on any atom is -0.307 e. The summed E-state index contributed by atoms with van der Waals surface area (Å²) in [6.45, 7) is 2.86. The number of nitrogens with zero attached hydrogens (tertiary/aromatic N) is 2. The van der Waals surface area contributed by atoms with Crippen LogP contribution in [-0.2, 0) is 14.4 Å². The molecule has 11 heteroatoms. The van der Waals surface area contributed by atoms with Crippen LogP contribution in [0, 0.1) is 12.8 Å². The van der Waals surface area contributed by atoms with Gasteiger partial charge in [-0.2, -0.15) is 0 Å². The molecule has 0 spiro atoms. The summed E-state index contributed by atoms with van der Waals surface area (Å²) in [6, 6.07) is 10.6. The Morgan fingerprint density at radius 3 is 2.46 bits per heavy atom. The molecule has 2 fully saturated rings. The Kier molecular flexibility index (Phi) is 7.59. The first kappa shape index (κ1) is 25.0. The number of hydrazine groups is 1. The van der Waals surface area contributed by atoms with E-state index in [9.17, 15) is 19.2 Å². The zero-order valence-electron chi connectivity index (χ0n) is 19.0. The minimum atomic E-state index is -0.644. The maximum absolute atomic E-state index is 13.1. The van der Waals surface area contributed by atoms with Gasteiger partial charge in [0, 0.05) is 12.2 Å². The predicted molar refractivity (Wildman–Crippen MR) is 133 cm³/mol. The van der Waals surface area contributed by atoms with Gasteiger partial charge in [0.15, 0.2) is 0 Å². The molecule has 0 saturated carbocycles. The van der Waals surface area contributed by atoms with Crippen molar-refractivity contribution >= 4 is 58.3 Å². The van der Waals surface area contributed by atoms with Crippen molar-refractivity contribution in [2.75, 3.05) is 23.3 Å². The third-order valence-corrected chi connectivity index (χ3v) is 6.90. The molecular weight excluding hydrogens is 493 g/mol. The van der Waals surface area contributed by atoms with E-state index in [1.54, 1.807) is 24.3 Å². The SMILES string of the molecule is Cc1ccc(N2C(=O)C[C@H](N3CCC[C@@H](C(=O)NNC(=O)Nc4ccc(Cl)c(Cl)c4)C3)C2=O)cc1. The number of hydrogen-bond acceptors (Lipinski definition) is 5. The fourth-order valence-corrected chi connectivity index (χ4v) is 4.62. The van der Waals surface area contributed by atoms with E-state index in [2.05, 4.69) is 16.2 Å². The summed E-state index contributed by atoms with van der Waals surface area (Å²) in [7, 11) is 0. The van der Waals surface area contributed by atoms with Gasteiger partial charge in [0.25, 0.3) is 5.91 Å². The second-order valence-corrected chi connectivity index (χ2v) is 9.47. The Labute approximate surface area is 212 Å². The fourth-order valence-electron chi connectivity index (χ4n) is 4.33. The second kappa shape index (κ2) is 10.6. The topological polar surface area (TPSA) is 111 Å². The smallest absolute Gasteiger partial charge is 0.307 e. The number of likely N-dealkylation sites (tertiary alicyclic amines) is 1. The average molecular weight is 518 g/mol. The Bertz CT molecular complexity index is 1160. The number of imide groups is 1. The molecule has 35 heavy (non-hydrogen) atoms. The molecule has 0 radical (unpaired) electrons. The third-order valence-electron chi connectivity index (χ3n) is 6.16. The highest BCUT2D eigenvalue weighted by Gasteiger charge is 2.44. The maximum atomic E-state index is 13.1. The van der Waals surface area contributed by atoms with E-state index in [-0.39, 0.29) is 29.2 Å². The molecule has 9 nitrogen and oxygen atoms in total. The fraction of sp³-hybridized carbons (Fsp3) is 0.333. The molecule has 2 saturated heterocycles. The lowest BCUT2D eigenvalue weighted by Crippen LogP contribution is -2.52. The second-order valence-electron chi connectivity index (χ2n) is 8.65. The van der Waals surface area contributed by atoms with E-state index < -0.39 is 18.0 Å². The quantitative estimate of drug-likeness (QED) is 0.424. The summed E-state index contributed by atoms with van der Waals surface area (Å²) in [6.07, 6.45) is 1.37. The largest absolute Gasteiger partial charge is 0.337 e. The highest BCUT2D eigenvalue weighted by Crippen LogP contribution is 2.29. The van der Waals surface area contributed by atoms with Gasteiger partial charge in [0.05, 0.1) is 34.1 Å². The van der Waals surface area contributed by atoms with Gasteiger partial charge >= 0.3 is 6.03 Å². The number of piperidine rings is 1. The monoisotopic (exact) mass is 517 g/mol. The van der Waals surface area contributed by atoms with Crippen molar-refractivity contribution in [3.05, 3.63) is 58.1 Å². The number of benzene rings is 2. The van der Waals surface area contributed by atoms with Gasteiger partial charge in [-0.25, -0.2) is 15.1 Å². The maximum Gasteiger partial charge on any atom is 0.337 e. The van der Waals surface area contributed by atoms with Crippen LogP contribution in [0.25, 0.3) is 0 Å². The molecule has 2 aromatic carbocycles. The molecule has 0 unspecified atom stereocenters. The number of amides is 5. The van der Waals surface area contributed by atoms with E-state index in [1.165, 1.54) is 11.0 Å². The zero-order valence-corrected chi connectivity index (χ0v) is 20.5. The van der Waals surface area contributed by atoms with Crippen LogP contribution >= 0.6 is 23.2 Å². The molecule has 5 amide bonds. The van der Waals surface area contributed by atoms with Crippen molar-refractivity contribution in [1.29, 1.82) is 0 Å². The van der Waals surface area contributed by atoms with E-state index >= 15 is 0 Å². The summed E-state index contributed by atoms with van der Waals surface area (Å²) in [5.74, 6) is -1.34. The van der Waals surface area contributed by atoms with Gasteiger partial charge < -0.3 is 5.32 Å².